The molecule has 10 nitrogen and oxygen atoms in total. The van der Waals surface area contributed by atoms with E-state index in [4.69, 9.17) is 33.2 Å². The van der Waals surface area contributed by atoms with Crippen molar-refractivity contribution in [3.8, 4) is 0 Å². The van der Waals surface area contributed by atoms with Crippen LogP contribution in [0.5, 0.6) is 0 Å². The molecule has 7 rings (SSSR count). The molecule has 2 saturated heterocycles. The van der Waals surface area contributed by atoms with Crippen molar-refractivity contribution in [3.05, 3.63) is 179 Å². The summed E-state index contributed by atoms with van der Waals surface area (Å²) in [5, 5.41) is 0. The minimum atomic E-state index is -1.39. The summed E-state index contributed by atoms with van der Waals surface area (Å²) in [6.45, 7) is 2.91. The van der Waals surface area contributed by atoms with Crippen LogP contribution in [0.1, 0.15) is 41.2 Å². The van der Waals surface area contributed by atoms with Gasteiger partial charge >= 0.3 is 11.9 Å². The second kappa shape index (κ2) is 20.7. The van der Waals surface area contributed by atoms with E-state index in [0.29, 0.717) is 13.2 Å². The molecule has 0 N–H and O–H groups in total. The van der Waals surface area contributed by atoms with Gasteiger partial charge in [0.1, 0.15) is 42.7 Å². The summed E-state index contributed by atoms with van der Waals surface area (Å²) >= 11 is 0. The Kier molecular flexibility index (Phi) is 14.7. The van der Waals surface area contributed by atoms with E-state index in [1.807, 2.05) is 157 Å². The van der Waals surface area contributed by atoms with Gasteiger partial charge in [0.05, 0.1) is 40.1 Å². The normalized spacial score (nSPS) is 24.2. The maximum absolute atomic E-state index is 14.6. The summed E-state index contributed by atoms with van der Waals surface area (Å²) in [5.41, 5.74) is 3.45. The summed E-state index contributed by atoms with van der Waals surface area (Å²) in [7, 11) is 1.38. The molecule has 2 aliphatic rings. The SMILES string of the molecule is COC(=O)[C@H]1N(Cc2ccccc2)[C@@H](COC(C)=O)C[C@]12O[C@H](COCc1ccccc1)[C@@H](OCc1ccccc1)[C@H](OCc1ccccc1)[C@H]2OCc1ccccc1. The lowest BCUT2D eigenvalue weighted by Crippen LogP contribution is -2.71. The van der Waals surface area contributed by atoms with Gasteiger partial charge in [0.2, 0.25) is 0 Å². The molecule has 2 fully saturated rings. The Balaban J connectivity index is 1.35. The van der Waals surface area contributed by atoms with E-state index < -0.39 is 54.0 Å². The number of carbonyl (C=O) groups excluding carboxylic acids is 2. The molecule has 7 atom stereocenters. The maximum Gasteiger partial charge on any atom is 0.326 e. The van der Waals surface area contributed by atoms with Crippen LogP contribution in [0.4, 0.5) is 0 Å². The molecule has 2 heterocycles. The van der Waals surface area contributed by atoms with Crippen LogP contribution >= 0.6 is 0 Å². The average Bonchev–Trinajstić information content (AvgIpc) is 3.57. The van der Waals surface area contributed by atoms with Gasteiger partial charge in [0.15, 0.2) is 0 Å². The number of benzene rings is 5. The van der Waals surface area contributed by atoms with Gasteiger partial charge in [-0.2, -0.15) is 0 Å². The molecule has 0 bridgehead atoms. The van der Waals surface area contributed by atoms with Gasteiger partial charge < -0.3 is 33.2 Å². The van der Waals surface area contributed by atoms with Crippen LogP contribution in [0.2, 0.25) is 0 Å². The zero-order valence-corrected chi connectivity index (χ0v) is 33.7. The van der Waals surface area contributed by atoms with Crippen molar-refractivity contribution in [2.75, 3.05) is 20.3 Å². The molecule has 0 saturated carbocycles. The van der Waals surface area contributed by atoms with Gasteiger partial charge in [-0.15, -0.1) is 0 Å². The molecular weight excluding hydrogens is 747 g/mol. The largest absolute Gasteiger partial charge is 0.468 e. The molecule has 5 aromatic rings. The van der Waals surface area contributed by atoms with Crippen LogP contribution in [0, 0.1) is 0 Å². The highest BCUT2D eigenvalue weighted by molar-refractivity contribution is 5.78. The fraction of sp³-hybridized carbons (Fsp3) is 0.347. The van der Waals surface area contributed by atoms with Crippen LogP contribution in [0.25, 0.3) is 0 Å². The van der Waals surface area contributed by atoms with Crippen LogP contribution in [0.15, 0.2) is 152 Å². The number of rotatable bonds is 18. The molecule has 0 aromatic heterocycles. The lowest BCUT2D eigenvalue weighted by Gasteiger charge is -2.53. The van der Waals surface area contributed by atoms with E-state index in [0.717, 1.165) is 27.8 Å². The molecule has 0 unspecified atom stereocenters. The molecule has 0 radical (unpaired) electrons. The number of hydrogen-bond acceptors (Lipinski definition) is 10. The Labute approximate surface area is 346 Å². The van der Waals surface area contributed by atoms with Gasteiger partial charge in [-0.1, -0.05) is 152 Å². The highest BCUT2D eigenvalue weighted by Gasteiger charge is 2.68. The molecule has 2 aliphatic heterocycles. The van der Waals surface area contributed by atoms with Crippen molar-refractivity contribution in [3.63, 3.8) is 0 Å². The van der Waals surface area contributed by atoms with Crippen molar-refractivity contribution in [1.82, 2.24) is 4.90 Å². The highest BCUT2D eigenvalue weighted by Crippen LogP contribution is 2.49. The Morgan fingerprint density at radius 2 is 1.07 bits per heavy atom. The molecule has 1 spiro atoms. The third-order valence-corrected chi connectivity index (χ3v) is 11.0. The number of likely N-dealkylation sites (tertiary alicyclic amines) is 1. The Hall–Kier alpha value is -5.20. The minimum absolute atomic E-state index is 0.0187. The first-order chi connectivity index (χ1) is 28.9. The molecule has 59 heavy (non-hydrogen) atoms. The lowest BCUT2D eigenvalue weighted by atomic mass is 9.78. The predicted molar refractivity (Wildman–Crippen MR) is 222 cm³/mol. The van der Waals surface area contributed by atoms with E-state index in [1.165, 1.54) is 14.0 Å². The fourth-order valence-corrected chi connectivity index (χ4v) is 8.29. The van der Waals surface area contributed by atoms with E-state index >= 15 is 0 Å². The van der Waals surface area contributed by atoms with Crippen LogP contribution < -0.4 is 0 Å². The number of esters is 2. The predicted octanol–water partition coefficient (Wildman–Crippen LogP) is 7.48. The summed E-state index contributed by atoms with van der Waals surface area (Å²) in [5.74, 6) is -0.929. The van der Waals surface area contributed by atoms with Crippen LogP contribution in [0.3, 0.4) is 0 Å². The van der Waals surface area contributed by atoms with E-state index in [2.05, 4.69) is 0 Å². The Morgan fingerprint density at radius 1 is 0.610 bits per heavy atom. The number of hydrogen-bond donors (Lipinski definition) is 0. The lowest BCUT2D eigenvalue weighted by molar-refractivity contribution is -0.312. The molecule has 5 aromatic carbocycles. The summed E-state index contributed by atoms with van der Waals surface area (Å²) < 4.78 is 46.4. The van der Waals surface area contributed by atoms with Gasteiger partial charge in [-0.25, -0.2) is 0 Å². The first-order valence-electron chi connectivity index (χ1n) is 20.2. The zero-order valence-electron chi connectivity index (χ0n) is 33.7. The smallest absolute Gasteiger partial charge is 0.326 e. The fourth-order valence-electron chi connectivity index (χ4n) is 8.29. The van der Waals surface area contributed by atoms with E-state index in [-0.39, 0.29) is 39.5 Å². The molecule has 0 aliphatic carbocycles. The highest BCUT2D eigenvalue weighted by atomic mass is 16.6. The van der Waals surface area contributed by atoms with Gasteiger partial charge in [-0.05, 0) is 27.8 Å². The molecular formula is C49H53NO9. The third-order valence-electron chi connectivity index (χ3n) is 11.0. The van der Waals surface area contributed by atoms with Crippen molar-refractivity contribution in [1.29, 1.82) is 0 Å². The number of carbonyl (C=O) groups is 2. The number of nitrogens with zero attached hydrogens (tertiary/aromatic N) is 1. The first-order valence-corrected chi connectivity index (χ1v) is 20.2. The summed E-state index contributed by atoms with van der Waals surface area (Å²) in [6.07, 6.45) is -2.87. The van der Waals surface area contributed by atoms with Crippen LogP contribution in [-0.2, 0) is 75.7 Å². The summed E-state index contributed by atoms with van der Waals surface area (Å²) in [6, 6.07) is 48.1. The van der Waals surface area contributed by atoms with Crippen molar-refractivity contribution in [2.24, 2.45) is 0 Å². The second-order valence-electron chi connectivity index (χ2n) is 15.1. The molecule has 308 valence electrons. The van der Waals surface area contributed by atoms with Crippen molar-refractivity contribution < 1.29 is 42.7 Å². The molecule has 0 amide bonds. The average molecular weight is 800 g/mol. The Morgan fingerprint density at radius 3 is 1.56 bits per heavy atom. The first kappa shape index (κ1) is 41.9. The third kappa shape index (κ3) is 10.7. The van der Waals surface area contributed by atoms with Crippen molar-refractivity contribution in [2.45, 2.75) is 88.4 Å². The Bertz CT molecular complexity index is 2020. The number of ether oxygens (including phenoxy) is 7. The number of methoxy groups -OCH3 is 1. The van der Waals surface area contributed by atoms with Gasteiger partial charge in [0.25, 0.3) is 0 Å². The van der Waals surface area contributed by atoms with E-state index in [9.17, 15) is 9.59 Å². The van der Waals surface area contributed by atoms with E-state index in [1.54, 1.807) is 0 Å². The summed E-state index contributed by atoms with van der Waals surface area (Å²) in [4.78, 5) is 29.0. The quantitative estimate of drug-likeness (QED) is 0.0830. The topological polar surface area (TPSA) is 102 Å². The van der Waals surface area contributed by atoms with Crippen LogP contribution in [-0.4, -0.2) is 79.3 Å². The second-order valence-corrected chi connectivity index (χ2v) is 15.1. The van der Waals surface area contributed by atoms with Gasteiger partial charge in [-0.3, -0.25) is 14.5 Å². The van der Waals surface area contributed by atoms with Crippen molar-refractivity contribution >= 4 is 11.9 Å². The standard InChI is InChI=1S/C49H53NO9/c1-36(51)55-34-42-28-49(46(48(52)53-2)50(42)29-37-18-8-3-9-19-37)47(58-33-41-26-16-7-17-27-41)45(57-32-40-24-14-6-15-25-40)44(56-31-39-22-12-5-13-23-39)43(59-49)35-54-30-38-20-10-4-11-21-38/h3-27,42-47H,28-35H2,1-2H3/t42-,43-,44-,45+,46-,47-,49+/m1/s1. The van der Waals surface area contributed by atoms with Gasteiger partial charge in [0, 0.05) is 25.9 Å². The zero-order chi connectivity index (χ0) is 40.9. The minimum Gasteiger partial charge on any atom is -0.468 e. The molecule has 10 heteroatoms. The monoisotopic (exact) mass is 799 g/mol. The maximum atomic E-state index is 14.6.